The fraction of sp³-hybridized carbons (Fsp3) is 0.0189. The Hall–Kier alpha value is -8.89. The van der Waals surface area contributed by atoms with Crippen LogP contribution < -0.4 is 0 Å². The Bertz CT molecular complexity index is 3690. The summed E-state index contributed by atoms with van der Waals surface area (Å²) in [5, 5.41) is 13.3. The first-order chi connectivity index (χ1) is 30.2. The highest BCUT2D eigenvalue weighted by Crippen LogP contribution is 2.47. The number of hydrogen-bond acceptors (Lipinski definition) is 1. The maximum absolute atomic E-state index is 15.0. The minimum absolute atomic E-state index is 0.0109. The van der Waals surface area contributed by atoms with Gasteiger partial charge in [0.05, 0.1) is 70.4 Å². The first-order valence-electron chi connectivity index (χ1n) is 19.4. The molecule has 0 aliphatic rings. The molecule has 10 rings (SSSR count). The Kier molecular flexibility index (Phi) is 8.70. The van der Waals surface area contributed by atoms with E-state index in [9.17, 15) is 18.4 Å². The molecule has 0 bridgehead atoms. The third kappa shape index (κ3) is 6.01. The van der Waals surface area contributed by atoms with Gasteiger partial charge in [0.15, 0.2) is 17.1 Å². The monoisotopic (exact) mass is 804 g/mol. The van der Waals surface area contributed by atoms with Gasteiger partial charge in [0.25, 0.3) is 0 Å². The van der Waals surface area contributed by atoms with Gasteiger partial charge in [-0.05, 0) is 94.0 Å². The average molecular weight is 805 g/mol. The van der Waals surface area contributed by atoms with Gasteiger partial charge in [-0.2, -0.15) is 18.4 Å². The molecule has 2 heterocycles. The SMILES string of the molecule is [C-]#[N+]c1cccc(-c2ccc3c4ccccc4n(-c4cc([N+]#[C-])c(-c5ccc(C#N)cc5C(F)(F)F)cc4-n4c5ccccc5c5ccc(-c6cccc([N+]#[C-])c6)cc54)c3c2)c1. The summed E-state index contributed by atoms with van der Waals surface area (Å²) in [7, 11) is 0. The van der Waals surface area contributed by atoms with Gasteiger partial charge in [-0.15, -0.1) is 0 Å². The van der Waals surface area contributed by atoms with Crippen LogP contribution in [0.1, 0.15) is 11.1 Å². The summed E-state index contributed by atoms with van der Waals surface area (Å²) < 4.78 is 49.1. The van der Waals surface area contributed by atoms with Gasteiger partial charge in [-0.1, -0.05) is 103 Å². The molecule has 0 fully saturated rings. The number of nitriles is 1. The molecule has 0 saturated carbocycles. The molecule has 2 aromatic heterocycles. The van der Waals surface area contributed by atoms with Gasteiger partial charge >= 0.3 is 6.18 Å². The van der Waals surface area contributed by atoms with Crippen LogP contribution in [0.5, 0.6) is 0 Å². The fourth-order valence-electron chi connectivity index (χ4n) is 8.64. The van der Waals surface area contributed by atoms with E-state index in [-0.39, 0.29) is 22.4 Å². The lowest BCUT2D eigenvalue weighted by atomic mass is 9.94. The number of fused-ring (bicyclic) bond motifs is 6. The molecule has 0 radical (unpaired) electrons. The first-order valence-corrected chi connectivity index (χ1v) is 19.4. The van der Waals surface area contributed by atoms with Gasteiger partial charge in [0.2, 0.25) is 0 Å². The van der Waals surface area contributed by atoms with E-state index < -0.39 is 11.7 Å². The van der Waals surface area contributed by atoms with Crippen LogP contribution in [-0.4, -0.2) is 9.13 Å². The van der Waals surface area contributed by atoms with E-state index in [0.29, 0.717) is 22.7 Å². The van der Waals surface area contributed by atoms with Crippen LogP contribution >= 0.6 is 0 Å². The average Bonchev–Trinajstić information content (AvgIpc) is 3.82. The van der Waals surface area contributed by atoms with Crippen molar-refractivity contribution < 1.29 is 13.2 Å². The van der Waals surface area contributed by atoms with Crippen molar-refractivity contribution >= 4 is 60.7 Å². The summed E-state index contributed by atoms with van der Waals surface area (Å²) in [4.78, 5) is 11.2. The number of alkyl halides is 3. The van der Waals surface area contributed by atoms with Crippen molar-refractivity contribution in [2.24, 2.45) is 0 Å². The predicted molar refractivity (Wildman–Crippen MR) is 240 cm³/mol. The molecule has 0 saturated heterocycles. The second-order valence-electron chi connectivity index (χ2n) is 14.8. The molecule has 6 nitrogen and oxygen atoms in total. The molecule has 0 aliphatic heterocycles. The lowest BCUT2D eigenvalue weighted by Crippen LogP contribution is -2.09. The topological polar surface area (TPSA) is 46.7 Å². The number of aromatic nitrogens is 2. The van der Waals surface area contributed by atoms with Gasteiger partial charge in [-0.25, -0.2) is 14.5 Å². The molecule has 10 aromatic rings. The predicted octanol–water partition coefficient (Wildman–Crippen LogP) is 15.4. The Labute approximate surface area is 353 Å². The van der Waals surface area contributed by atoms with E-state index in [0.717, 1.165) is 71.9 Å². The molecule has 0 N–H and O–H groups in total. The molecule has 290 valence electrons. The lowest BCUT2D eigenvalue weighted by molar-refractivity contribution is -0.137. The quantitative estimate of drug-likeness (QED) is 0.160. The van der Waals surface area contributed by atoms with Crippen LogP contribution in [0.4, 0.5) is 30.2 Å². The minimum atomic E-state index is -4.84. The molecule has 9 heteroatoms. The number of hydrogen-bond donors (Lipinski definition) is 0. The number of benzene rings is 8. The number of rotatable bonds is 5. The van der Waals surface area contributed by atoms with Crippen molar-refractivity contribution in [3.05, 3.63) is 209 Å². The zero-order valence-corrected chi connectivity index (χ0v) is 32.4. The van der Waals surface area contributed by atoms with Crippen LogP contribution in [0, 0.1) is 31.0 Å². The normalized spacial score (nSPS) is 11.4. The summed E-state index contributed by atoms with van der Waals surface area (Å²) in [6, 6.07) is 51.2. The smallest absolute Gasteiger partial charge is 0.308 e. The second kappa shape index (κ2) is 14.4. The fourth-order valence-corrected chi connectivity index (χ4v) is 8.64. The first kappa shape index (κ1) is 37.4. The van der Waals surface area contributed by atoms with Crippen LogP contribution in [0.3, 0.4) is 0 Å². The maximum Gasteiger partial charge on any atom is 0.417 e. The summed E-state index contributed by atoms with van der Waals surface area (Å²) in [6.07, 6.45) is -4.84. The standard InChI is InChI=1S/C53H27F3N6/c1-58-37-12-8-10-33(25-37)35-19-22-42-40-14-4-6-16-47(40)61(49(42)27-35)51-29-44(39-21-18-32(31-57)24-45(39)53(54,55)56)46(60-3)30-52(51)62-48-17-7-5-15-41(48)43-23-20-36(28-50(43)62)34-11-9-13-38(26-34)59-2/h4-30H. The van der Waals surface area contributed by atoms with Crippen LogP contribution in [0.15, 0.2) is 164 Å². The number of para-hydroxylation sites is 2. The van der Waals surface area contributed by atoms with E-state index in [4.69, 9.17) is 19.7 Å². The minimum Gasteiger partial charge on any atom is -0.308 e. The van der Waals surface area contributed by atoms with E-state index in [2.05, 4.69) is 19.1 Å². The maximum atomic E-state index is 15.0. The Morgan fingerprint density at radius 1 is 0.452 bits per heavy atom. The van der Waals surface area contributed by atoms with Crippen LogP contribution in [0.25, 0.3) is 103 Å². The zero-order valence-electron chi connectivity index (χ0n) is 32.4. The molecule has 0 unspecified atom stereocenters. The Morgan fingerprint density at radius 2 is 0.952 bits per heavy atom. The highest BCUT2D eigenvalue weighted by atomic mass is 19.4. The van der Waals surface area contributed by atoms with E-state index >= 15 is 0 Å². The summed E-state index contributed by atoms with van der Waals surface area (Å²) in [5.41, 5.74) is 7.17. The molecule has 0 atom stereocenters. The van der Waals surface area contributed by atoms with Gasteiger partial charge in [0, 0.05) is 21.5 Å². The van der Waals surface area contributed by atoms with E-state index in [1.165, 1.54) is 12.1 Å². The van der Waals surface area contributed by atoms with Crippen molar-refractivity contribution in [1.82, 2.24) is 9.13 Å². The van der Waals surface area contributed by atoms with Crippen molar-refractivity contribution in [1.29, 1.82) is 5.26 Å². The van der Waals surface area contributed by atoms with Crippen molar-refractivity contribution in [3.63, 3.8) is 0 Å². The van der Waals surface area contributed by atoms with Crippen molar-refractivity contribution in [3.8, 4) is 50.8 Å². The number of nitrogens with zero attached hydrogens (tertiary/aromatic N) is 6. The summed E-state index contributed by atoms with van der Waals surface area (Å²) in [5.74, 6) is 0. The number of halogens is 3. The van der Waals surface area contributed by atoms with Crippen molar-refractivity contribution in [2.45, 2.75) is 6.18 Å². The molecule has 0 aliphatic carbocycles. The highest BCUT2D eigenvalue weighted by molar-refractivity contribution is 6.13. The van der Waals surface area contributed by atoms with Gasteiger partial charge in [0.1, 0.15) is 0 Å². The Balaban J connectivity index is 1.37. The molecule has 0 amide bonds. The molecule has 8 aromatic carbocycles. The molecular weight excluding hydrogens is 778 g/mol. The van der Waals surface area contributed by atoms with Crippen LogP contribution in [0.2, 0.25) is 0 Å². The third-order valence-corrected chi connectivity index (χ3v) is 11.4. The van der Waals surface area contributed by atoms with E-state index in [1.54, 1.807) is 24.3 Å². The Morgan fingerprint density at radius 3 is 1.45 bits per heavy atom. The van der Waals surface area contributed by atoms with Crippen LogP contribution in [-0.2, 0) is 6.18 Å². The van der Waals surface area contributed by atoms with Crippen molar-refractivity contribution in [2.75, 3.05) is 0 Å². The third-order valence-electron chi connectivity index (χ3n) is 11.4. The molecular formula is C53H27F3N6. The van der Waals surface area contributed by atoms with Gasteiger partial charge in [-0.3, -0.25) is 0 Å². The molecule has 0 spiro atoms. The zero-order chi connectivity index (χ0) is 42.7. The highest BCUT2D eigenvalue weighted by Gasteiger charge is 2.35. The van der Waals surface area contributed by atoms with E-state index in [1.807, 2.05) is 132 Å². The van der Waals surface area contributed by atoms with Gasteiger partial charge < -0.3 is 9.13 Å². The second-order valence-corrected chi connectivity index (χ2v) is 14.8. The summed E-state index contributed by atoms with van der Waals surface area (Å²) in [6.45, 7) is 23.7. The summed E-state index contributed by atoms with van der Waals surface area (Å²) >= 11 is 0. The largest absolute Gasteiger partial charge is 0.417 e. The lowest BCUT2D eigenvalue weighted by Gasteiger charge is -2.21. The molecule has 62 heavy (non-hydrogen) atoms.